The molecule has 0 saturated carbocycles. The van der Waals surface area contributed by atoms with Crippen molar-refractivity contribution in [2.75, 3.05) is 6.54 Å². The Morgan fingerprint density at radius 3 is 2.61 bits per heavy atom. The monoisotopic (exact) mass is 243 g/mol. The normalized spacial score (nSPS) is 18.4. The van der Waals surface area contributed by atoms with E-state index in [1.54, 1.807) is 5.57 Å². The molecule has 2 atom stereocenters. The Balaban J connectivity index is 2.12. The zero-order valence-corrected chi connectivity index (χ0v) is 11.7. The molecule has 1 aliphatic carbocycles. The van der Waals surface area contributed by atoms with Gasteiger partial charge in [-0.15, -0.1) is 0 Å². The second kappa shape index (κ2) is 6.75. The van der Waals surface area contributed by atoms with Crippen LogP contribution in [0.4, 0.5) is 0 Å². The van der Waals surface area contributed by atoms with Gasteiger partial charge in [-0.3, -0.25) is 0 Å². The van der Waals surface area contributed by atoms with E-state index in [1.807, 2.05) is 0 Å². The summed E-state index contributed by atoms with van der Waals surface area (Å²) in [6.45, 7) is 5.70. The van der Waals surface area contributed by atoms with E-state index in [0.717, 1.165) is 6.54 Å². The van der Waals surface area contributed by atoms with Crippen molar-refractivity contribution in [3.05, 3.63) is 47.5 Å². The summed E-state index contributed by atoms with van der Waals surface area (Å²) >= 11 is 0. The molecule has 0 bridgehead atoms. The molecule has 98 valence electrons. The quantitative estimate of drug-likeness (QED) is 0.736. The van der Waals surface area contributed by atoms with Crippen LogP contribution in [0.5, 0.6) is 0 Å². The number of benzene rings is 1. The average molecular weight is 243 g/mol. The fourth-order valence-electron chi connectivity index (χ4n) is 2.86. The molecule has 0 saturated heterocycles. The van der Waals surface area contributed by atoms with E-state index < -0.39 is 0 Å². The van der Waals surface area contributed by atoms with E-state index in [9.17, 15) is 0 Å². The van der Waals surface area contributed by atoms with Crippen molar-refractivity contribution in [3.8, 4) is 0 Å². The largest absolute Gasteiger partial charge is 0.310 e. The lowest BCUT2D eigenvalue weighted by Crippen LogP contribution is -2.35. The van der Waals surface area contributed by atoms with Crippen LogP contribution in [-0.4, -0.2) is 12.6 Å². The van der Waals surface area contributed by atoms with Crippen molar-refractivity contribution in [1.29, 1.82) is 0 Å². The molecule has 0 amide bonds. The number of allylic oxidation sites excluding steroid dienone is 1. The van der Waals surface area contributed by atoms with Gasteiger partial charge in [-0.2, -0.15) is 0 Å². The molecule has 18 heavy (non-hydrogen) atoms. The van der Waals surface area contributed by atoms with Crippen LogP contribution < -0.4 is 5.32 Å². The van der Waals surface area contributed by atoms with Crippen molar-refractivity contribution in [2.45, 2.75) is 51.5 Å². The molecule has 2 unspecified atom stereocenters. The van der Waals surface area contributed by atoms with E-state index in [4.69, 9.17) is 0 Å². The molecule has 0 heterocycles. The van der Waals surface area contributed by atoms with Gasteiger partial charge in [0.25, 0.3) is 0 Å². The summed E-state index contributed by atoms with van der Waals surface area (Å²) in [5.41, 5.74) is 3.07. The smallest absolute Gasteiger partial charge is 0.0345 e. The Kier molecular flexibility index (Phi) is 5.00. The molecule has 1 aromatic carbocycles. The Bertz CT molecular complexity index is 380. The van der Waals surface area contributed by atoms with Crippen LogP contribution in [0.1, 0.15) is 51.0 Å². The minimum Gasteiger partial charge on any atom is -0.310 e. The van der Waals surface area contributed by atoms with Crippen LogP contribution in [0.2, 0.25) is 0 Å². The van der Waals surface area contributed by atoms with Crippen LogP contribution >= 0.6 is 0 Å². The number of nitrogens with one attached hydrogen (secondary N) is 1. The van der Waals surface area contributed by atoms with Gasteiger partial charge in [0.2, 0.25) is 0 Å². The summed E-state index contributed by atoms with van der Waals surface area (Å²) in [6.07, 6.45) is 7.53. The Labute approximate surface area is 111 Å². The molecule has 1 aliphatic rings. The van der Waals surface area contributed by atoms with Crippen LogP contribution in [0.3, 0.4) is 0 Å². The van der Waals surface area contributed by atoms with E-state index >= 15 is 0 Å². The summed E-state index contributed by atoms with van der Waals surface area (Å²) in [5.74, 6) is 0.557. The predicted octanol–water partition coefficient (Wildman–Crippen LogP) is 4.27. The van der Waals surface area contributed by atoms with Crippen molar-refractivity contribution in [3.63, 3.8) is 0 Å². The maximum atomic E-state index is 3.74. The molecule has 0 aromatic heterocycles. The molecule has 0 radical (unpaired) electrons. The lowest BCUT2D eigenvalue weighted by atomic mass is 9.88. The molecule has 1 heteroatoms. The number of hydrogen-bond acceptors (Lipinski definition) is 1. The molecule has 0 fully saturated rings. The van der Waals surface area contributed by atoms with Gasteiger partial charge in [-0.05, 0) is 37.8 Å². The van der Waals surface area contributed by atoms with Crippen molar-refractivity contribution >= 4 is 0 Å². The van der Waals surface area contributed by atoms with Crippen molar-refractivity contribution in [2.24, 2.45) is 0 Å². The van der Waals surface area contributed by atoms with Crippen molar-refractivity contribution < 1.29 is 0 Å². The lowest BCUT2D eigenvalue weighted by molar-refractivity contribution is 0.492. The highest BCUT2D eigenvalue weighted by atomic mass is 14.9. The maximum Gasteiger partial charge on any atom is 0.0345 e. The predicted molar refractivity (Wildman–Crippen MR) is 78.9 cm³/mol. The first-order valence-electron chi connectivity index (χ1n) is 7.30. The van der Waals surface area contributed by atoms with E-state index in [0.29, 0.717) is 12.0 Å². The third-order valence-electron chi connectivity index (χ3n) is 3.92. The maximum absolute atomic E-state index is 3.74. The van der Waals surface area contributed by atoms with Crippen molar-refractivity contribution in [1.82, 2.24) is 5.32 Å². The Hall–Kier alpha value is -1.08. The second-order valence-corrected chi connectivity index (χ2v) is 5.30. The fraction of sp³-hybridized carbons (Fsp3) is 0.529. The minimum absolute atomic E-state index is 0.523. The zero-order chi connectivity index (χ0) is 12.8. The topological polar surface area (TPSA) is 12.0 Å². The highest BCUT2D eigenvalue weighted by Gasteiger charge is 2.23. The van der Waals surface area contributed by atoms with Gasteiger partial charge in [-0.1, -0.05) is 55.8 Å². The molecule has 1 N–H and O–H groups in total. The van der Waals surface area contributed by atoms with Crippen LogP contribution in [0.25, 0.3) is 0 Å². The molecule has 0 spiro atoms. The van der Waals surface area contributed by atoms with Gasteiger partial charge >= 0.3 is 0 Å². The van der Waals surface area contributed by atoms with Gasteiger partial charge in [-0.25, -0.2) is 0 Å². The molecule has 2 rings (SSSR count). The lowest BCUT2D eigenvalue weighted by Gasteiger charge is -2.27. The first kappa shape index (κ1) is 13.4. The summed E-state index contributed by atoms with van der Waals surface area (Å²) in [5, 5.41) is 3.74. The summed E-state index contributed by atoms with van der Waals surface area (Å²) in [4.78, 5) is 0. The zero-order valence-electron chi connectivity index (χ0n) is 11.7. The molecule has 1 aromatic rings. The van der Waals surface area contributed by atoms with Gasteiger partial charge in [0.15, 0.2) is 0 Å². The minimum atomic E-state index is 0.523. The standard InChI is InChI=1S/C17H25N/c1-3-13-18-17(16-11-7-8-12-16)14(2)15-9-5-4-6-10-15/h4-6,9-11,14,17-18H,3,7-8,12-13H2,1-2H3. The first-order chi connectivity index (χ1) is 8.83. The van der Waals surface area contributed by atoms with Crippen LogP contribution in [0.15, 0.2) is 42.0 Å². The fourth-order valence-corrected chi connectivity index (χ4v) is 2.86. The van der Waals surface area contributed by atoms with Gasteiger partial charge in [0.05, 0.1) is 0 Å². The average Bonchev–Trinajstić information content (AvgIpc) is 2.94. The highest BCUT2D eigenvalue weighted by molar-refractivity contribution is 5.27. The Morgan fingerprint density at radius 1 is 1.22 bits per heavy atom. The first-order valence-corrected chi connectivity index (χ1v) is 7.30. The summed E-state index contributed by atoms with van der Waals surface area (Å²) < 4.78 is 0. The Morgan fingerprint density at radius 2 is 2.00 bits per heavy atom. The molecular weight excluding hydrogens is 218 g/mol. The van der Waals surface area contributed by atoms with Crippen LogP contribution in [-0.2, 0) is 0 Å². The summed E-state index contributed by atoms with van der Waals surface area (Å²) in [7, 11) is 0. The van der Waals surface area contributed by atoms with Gasteiger partial charge in [0, 0.05) is 12.0 Å². The van der Waals surface area contributed by atoms with Gasteiger partial charge in [0.1, 0.15) is 0 Å². The number of hydrogen-bond donors (Lipinski definition) is 1. The number of rotatable bonds is 6. The third-order valence-corrected chi connectivity index (χ3v) is 3.92. The summed E-state index contributed by atoms with van der Waals surface area (Å²) in [6, 6.07) is 11.4. The molecular formula is C17H25N. The van der Waals surface area contributed by atoms with E-state index in [-0.39, 0.29) is 0 Å². The van der Waals surface area contributed by atoms with E-state index in [1.165, 1.54) is 31.2 Å². The van der Waals surface area contributed by atoms with Crippen LogP contribution in [0, 0.1) is 0 Å². The van der Waals surface area contributed by atoms with E-state index in [2.05, 4.69) is 55.6 Å². The van der Waals surface area contributed by atoms with Gasteiger partial charge < -0.3 is 5.32 Å². The SMILES string of the molecule is CCCNC(C1=CCCC1)C(C)c1ccccc1. The molecule has 1 nitrogen and oxygen atoms in total. The third kappa shape index (κ3) is 3.23. The highest BCUT2D eigenvalue weighted by Crippen LogP contribution is 2.30. The second-order valence-electron chi connectivity index (χ2n) is 5.30. The molecule has 0 aliphatic heterocycles.